The van der Waals surface area contributed by atoms with E-state index in [9.17, 15) is 17.2 Å². The van der Waals surface area contributed by atoms with Gasteiger partial charge in [-0.3, -0.25) is 4.68 Å². The summed E-state index contributed by atoms with van der Waals surface area (Å²) >= 11 is 0. The van der Waals surface area contributed by atoms with Crippen molar-refractivity contribution in [1.82, 2.24) is 14.5 Å². The molecule has 3 N–H and O–H groups in total. The van der Waals surface area contributed by atoms with Crippen molar-refractivity contribution in [2.24, 2.45) is 12.8 Å². The third kappa shape index (κ3) is 3.22. The number of halogens is 2. The summed E-state index contributed by atoms with van der Waals surface area (Å²) in [5.74, 6) is -3.25. The van der Waals surface area contributed by atoms with E-state index in [1.807, 2.05) is 0 Å². The average Bonchev–Trinajstić information content (AvgIpc) is 2.63. The summed E-state index contributed by atoms with van der Waals surface area (Å²) in [5, 5.41) is 3.63. The van der Waals surface area contributed by atoms with Gasteiger partial charge in [0.25, 0.3) is 5.92 Å². The van der Waals surface area contributed by atoms with Crippen LogP contribution in [0, 0.1) is 0 Å². The first-order valence-electron chi connectivity index (χ1n) is 4.33. The number of aryl methyl sites for hydroxylation is 1. The van der Waals surface area contributed by atoms with Crippen LogP contribution >= 0.6 is 0 Å². The van der Waals surface area contributed by atoms with E-state index in [1.165, 1.54) is 17.9 Å². The van der Waals surface area contributed by atoms with E-state index >= 15 is 0 Å². The number of sulfonamides is 1. The molecule has 9 heteroatoms. The molecule has 0 aliphatic carbocycles. The molecule has 1 aromatic rings. The van der Waals surface area contributed by atoms with Gasteiger partial charge in [0.15, 0.2) is 0 Å². The number of nitrogens with zero attached hydrogens (tertiary/aromatic N) is 2. The molecule has 0 unspecified atom stereocenters. The SMILES string of the molecule is Cn1cc(S(=O)(=O)NCC(F)(F)CN)cn1. The first kappa shape index (κ1) is 13.0. The number of alkyl halides is 2. The Balaban J connectivity index is 2.74. The van der Waals surface area contributed by atoms with Crippen LogP contribution in [0.25, 0.3) is 0 Å². The zero-order chi connectivity index (χ0) is 12.4. The molecule has 0 aliphatic heterocycles. The van der Waals surface area contributed by atoms with Crippen LogP contribution < -0.4 is 10.5 Å². The zero-order valence-corrected chi connectivity index (χ0v) is 9.34. The second-order valence-corrected chi connectivity index (χ2v) is 5.00. The summed E-state index contributed by atoms with van der Waals surface area (Å²) in [7, 11) is -2.43. The van der Waals surface area contributed by atoms with Gasteiger partial charge in [0.1, 0.15) is 4.90 Å². The Morgan fingerprint density at radius 2 is 2.25 bits per heavy atom. The van der Waals surface area contributed by atoms with Crippen LogP contribution in [-0.4, -0.2) is 37.2 Å². The fourth-order valence-electron chi connectivity index (χ4n) is 0.894. The van der Waals surface area contributed by atoms with Crippen LogP contribution in [0.4, 0.5) is 8.78 Å². The average molecular weight is 254 g/mol. The van der Waals surface area contributed by atoms with E-state index in [2.05, 4.69) is 5.10 Å². The summed E-state index contributed by atoms with van der Waals surface area (Å²) in [6.07, 6.45) is 2.28. The zero-order valence-electron chi connectivity index (χ0n) is 8.52. The Morgan fingerprint density at radius 1 is 1.62 bits per heavy atom. The molecule has 92 valence electrons. The van der Waals surface area contributed by atoms with Crippen LogP contribution in [0.3, 0.4) is 0 Å². The maximum atomic E-state index is 12.7. The highest BCUT2D eigenvalue weighted by molar-refractivity contribution is 7.89. The molecule has 0 spiro atoms. The second-order valence-electron chi connectivity index (χ2n) is 3.23. The van der Waals surface area contributed by atoms with E-state index in [1.54, 1.807) is 4.72 Å². The predicted octanol–water partition coefficient (Wildman–Crippen LogP) is -0.708. The number of nitrogens with one attached hydrogen (secondary N) is 1. The van der Waals surface area contributed by atoms with Crippen LogP contribution in [0.15, 0.2) is 17.3 Å². The lowest BCUT2D eigenvalue weighted by molar-refractivity contribution is 0.0170. The Morgan fingerprint density at radius 3 is 2.69 bits per heavy atom. The van der Waals surface area contributed by atoms with Gasteiger partial charge in [-0.2, -0.15) is 5.10 Å². The molecule has 0 aliphatic rings. The van der Waals surface area contributed by atoms with E-state index in [0.29, 0.717) is 0 Å². The van der Waals surface area contributed by atoms with Crippen molar-refractivity contribution in [2.45, 2.75) is 10.8 Å². The molecular weight excluding hydrogens is 242 g/mol. The van der Waals surface area contributed by atoms with Gasteiger partial charge >= 0.3 is 0 Å². The van der Waals surface area contributed by atoms with Crippen LogP contribution in [0.1, 0.15) is 0 Å². The van der Waals surface area contributed by atoms with Gasteiger partial charge in [0.2, 0.25) is 10.0 Å². The lowest BCUT2D eigenvalue weighted by Gasteiger charge is -2.13. The standard InChI is InChI=1S/C7H12F2N4O2S/c1-13-3-6(2-11-13)16(14,15)12-5-7(8,9)4-10/h2-3,12H,4-5,10H2,1H3. The number of rotatable bonds is 5. The van der Waals surface area contributed by atoms with E-state index in [-0.39, 0.29) is 4.90 Å². The van der Waals surface area contributed by atoms with E-state index in [0.717, 1.165) is 6.20 Å². The quantitative estimate of drug-likeness (QED) is 0.726. The molecule has 1 rings (SSSR count). The number of hydrogen-bond donors (Lipinski definition) is 2. The smallest absolute Gasteiger partial charge is 0.273 e. The summed E-state index contributed by atoms with van der Waals surface area (Å²) in [6.45, 7) is -1.94. The van der Waals surface area contributed by atoms with E-state index in [4.69, 9.17) is 5.73 Å². The van der Waals surface area contributed by atoms with Gasteiger partial charge in [-0.1, -0.05) is 0 Å². The first-order valence-corrected chi connectivity index (χ1v) is 5.81. The Labute approximate surface area is 91.5 Å². The predicted molar refractivity (Wildman–Crippen MR) is 52.4 cm³/mol. The minimum atomic E-state index is -3.95. The van der Waals surface area contributed by atoms with Crippen LogP contribution in [0.2, 0.25) is 0 Å². The molecule has 0 saturated heterocycles. The van der Waals surface area contributed by atoms with Crippen molar-refractivity contribution in [2.75, 3.05) is 13.1 Å². The number of hydrogen-bond acceptors (Lipinski definition) is 4. The van der Waals surface area contributed by atoms with Gasteiger partial charge in [-0.25, -0.2) is 21.9 Å². The summed E-state index contributed by atoms with van der Waals surface area (Å²) in [5.41, 5.74) is 4.78. The molecule has 16 heavy (non-hydrogen) atoms. The van der Waals surface area contributed by atoms with Crippen molar-refractivity contribution >= 4 is 10.0 Å². The third-order valence-electron chi connectivity index (χ3n) is 1.81. The summed E-state index contributed by atoms with van der Waals surface area (Å²) < 4.78 is 51.4. The van der Waals surface area contributed by atoms with Gasteiger partial charge < -0.3 is 5.73 Å². The van der Waals surface area contributed by atoms with Crippen LogP contribution in [0.5, 0.6) is 0 Å². The molecule has 0 saturated carbocycles. The molecule has 0 atom stereocenters. The van der Waals surface area contributed by atoms with E-state index < -0.39 is 29.0 Å². The number of aromatic nitrogens is 2. The molecule has 0 amide bonds. The van der Waals surface area contributed by atoms with Crippen LogP contribution in [-0.2, 0) is 17.1 Å². The minimum absolute atomic E-state index is 0.164. The van der Waals surface area contributed by atoms with Crippen molar-refractivity contribution in [3.63, 3.8) is 0 Å². The molecule has 1 heterocycles. The minimum Gasteiger partial charge on any atom is -0.325 e. The Kier molecular flexibility index (Phi) is 3.61. The maximum Gasteiger partial charge on any atom is 0.273 e. The first-order chi connectivity index (χ1) is 7.27. The molecule has 0 aromatic carbocycles. The van der Waals surface area contributed by atoms with Crippen molar-refractivity contribution < 1.29 is 17.2 Å². The monoisotopic (exact) mass is 254 g/mol. The van der Waals surface area contributed by atoms with Gasteiger partial charge in [-0.15, -0.1) is 0 Å². The summed E-state index contributed by atoms with van der Waals surface area (Å²) in [4.78, 5) is -0.164. The molecule has 1 aromatic heterocycles. The van der Waals surface area contributed by atoms with Crippen molar-refractivity contribution in [3.05, 3.63) is 12.4 Å². The molecule has 6 nitrogen and oxygen atoms in total. The Bertz CT molecular complexity index is 457. The lowest BCUT2D eigenvalue weighted by Crippen LogP contribution is -2.41. The Hall–Kier alpha value is -1.06. The topological polar surface area (TPSA) is 90.0 Å². The van der Waals surface area contributed by atoms with Gasteiger partial charge in [0.05, 0.1) is 19.3 Å². The molecular formula is C7H12F2N4O2S. The molecule has 0 bridgehead atoms. The normalized spacial score (nSPS) is 13.0. The molecule has 0 radical (unpaired) electrons. The fourth-order valence-corrected chi connectivity index (χ4v) is 1.94. The highest BCUT2D eigenvalue weighted by Crippen LogP contribution is 2.12. The molecule has 0 fully saturated rings. The third-order valence-corrected chi connectivity index (χ3v) is 3.17. The second kappa shape index (κ2) is 4.44. The van der Waals surface area contributed by atoms with Gasteiger partial charge in [-0.05, 0) is 0 Å². The highest BCUT2D eigenvalue weighted by atomic mass is 32.2. The summed E-state index contributed by atoms with van der Waals surface area (Å²) in [6, 6.07) is 0. The maximum absolute atomic E-state index is 12.7. The largest absolute Gasteiger partial charge is 0.325 e. The van der Waals surface area contributed by atoms with Crippen molar-refractivity contribution in [1.29, 1.82) is 0 Å². The number of nitrogens with two attached hydrogens (primary N) is 1. The highest BCUT2D eigenvalue weighted by Gasteiger charge is 2.29. The van der Waals surface area contributed by atoms with Gasteiger partial charge in [0, 0.05) is 13.2 Å². The lowest BCUT2D eigenvalue weighted by atomic mass is 10.3. The van der Waals surface area contributed by atoms with Crippen molar-refractivity contribution in [3.8, 4) is 0 Å². The fraction of sp³-hybridized carbons (Fsp3) is 0.571.